The lowest BCUT2D eigenvalue weighted by atomic mass is 10.1. The molecule has 6 nitrogen and oxygen atoms in total. The first-order chi connectivity index (χ1) is 7.38. The summed E-state index contributed by atoms with van der Waals surface area (Å²) in [7, 11) is 0. The van der Waals surface area contributed by atoms with Gasteiger partial charge < -0.3 is 15.7 Å². The molecule has 0 rings (SSSR count). The Bertz CT molecular complexity index is 278. The van der Waals surface area contributed by atoms with Crippen molar-refractivity contribution in [1.29, 1.82) is 0 Å². The van der Waals surface area contributed by atoms with Gasteiger partial charge in [-0.25, -0.2) is 4.79 Å². The maximum absolute atomic E-state index is 11.5. The summed E-state index contributed by atoms with van der Waals surface area (Å²) in [6.45, 7) is 4.63. The molecule has 0 aliphatic rings. The van der Waals surface area contributed by atoms with E-state index in [1.54, 1.807) is 0 Å². The molecular weight excluding hydrogens is 212 g/mol. The van der Waals surface area contributed by atoms with E-state index in [1.165, 1.54) is 13.8 Å². The minimum absolute atomic E-state index is 0.329. The van der Waals surface area contributed by atoms with Crippen molar-refractivity contribution in [3.05, 3.63) is 0 Å². The second-order valence-electron chi connectivity index (χ2n) is 3.61. The molecule has 0 aliphatic carbocycles. The largest absolute Gasteiger partial charge is 0.480 e. The zero-order valence-electron chi connectivity index (χ0n) is 9.74. The average Bonchev–Trinajstić information content (AvgIpc) is 2.15. The zero-order valence-corrected chi connectivity index (χ0v) is 9.74. The Hall–Kier alpha value is -1.59. The van der Waals surface area contributed by atoms with E-state index in [0.29, 0.717) is 12.8 Å². The van der Waals surface area contributed by atoms with Gasteiger partial charge in [-0.15, -0.1) is 0 Å². The third-order valence-electron chi connectivity index (χ3n) is 2.00. The van der Waals surface area contributed by atoms with E-state index in [0.717, 1.165) is 0 Å². The smallest absolute Gasteiger partial charge is 0.326 e. The number of carboxylic acid groups (broad SMARTS) is 1. The molecule has 0 aromatic heterocycles. The Morgan fingerprint density at radius 1 is 1.25 bits per heavy atom. The topological polar surface area (TPSA) is 95.5 Å². The van der Waals surface area contributed by atoms with Gasteiger partial charge in [-0.1, -0.05) is 13.3 Å². The molecule has 0 heterocycles. The lowest BCUT2D eigenvalue weighted by molar-refractivity contribution is -0.142. The molecule has 0 radical (unpaired) electrons. The van der Waals surface area contributed by atoms with Gasteiger partial charge in [0.2, 0.25) is 11.8 Å². The normalized spacial score (nSPS) is 13.7. The van der Waals surface area contributed by atoms with E-state index in [9.17, 15) is 14.4 Å². The quantitative estimate of drug-likeness (QED) is 0.592. The fourth-order valence-corrected chi connectivity index (χ4v) is 1.21. The van der Waals surface area contributed by atoms with Crippen LogP contribution in [0.5, 0.6) is 0 Å². The van der Waals surface area contributed by atoms with E-state index in [1.807, 2.05) is 6.92 Å². The van der Waals surface area contributed by atoms with Crippen molar-refractivity contribution in [2.24, 2.45) is 0 Å². The highest BCUT2D eigenvalue weighted by Crippen LogP contribution is 1.97. The standard InChI is InChI=1S/C10H18N2O4/c1-4-5-8(10(15)16)12-9(14)6(2)11-7(3)13/h6,8H,4-5H2,1-3H3,(H,11,13)(H,12,14)(H,15,16)/t6?,8-/m1/s1. The van der Waals surface area contributed by atoms with Crippen LogP contribution in [0.15, 0.2) is 0 Å². The fourth-order valence-electron chi connectivity index (χ4n) is 1.21. The van der Waals surface area contributed by atoms with E-state index in [2.05, 4.69) is 10.6 Å². The van der Waals surface area contributed by atoms with Gasteiger partial charge in [-0.3, -0.25) is 9.59 Å². The van der Waals surface area contributed by atoms with Crippen LogP contribution >= 0.6 is 0 Å². The van der Waals surface area contributed by atoms with Crippen LogP contribution in [0, 0.1) is 0 Å². The van der Waals surface area contributed by atoms with E-state index in [4.69, 9.17) is 5.11 Å². The Morgan fingerprint density at radius 3 is 2.19 bits per heavy atom. The van der Waals surface area contributed by atoms with Gasteiger partial charge in [0.25, 0.3) is 0 Å². The second-order valence-corrected chi connectivity index (χ2v) is 3.61. The van der Waals surface area contributed by atoms with Crippen LogP contribution in [0.4, 0.5) is 0 Å². The maximum Gasteiger partial charge on any atom is 0.326 e. The van der Waals surface area contributed by atoms with Crippen LogP contribution in [0.25, 0.3) is 0 Å². The third kappa shape index (κ3) is 5.33. The van der Waals surface area contributed by atoms with Crippen LogP contribution in [-0.4, -0.2) is 35.0 Å². The highest BCUT2D eigenvalue weighted by Gasteiger charge is 2.22. The number of amides is 2. The molecule has 0 fully saturated rings. The van der Waals surface area contributed by atoms with Gasteiger partial charge in [-0.05, 0) is 13.3 Å². The molecule has 0 aliphatic heterocycles. The molecule has 6 heteroatoms. The number of carboxylic acids is 1. The van der Waals surface area contributed by atoms with Crippen molar-refractivity contribution in [1.82, 2.24) is 10.6 Å². The van der Waals surface area contributed by atoms with Crippen LogP contribution in [0.1, 0.15) is 33.6 Å². The van der Waals surface area contributed by atoms with Crippen LogP contribution < -0.4 is 10.6 Å². The summed E-state index contributed by atoms with van der Waals surface area (Å²) in [5.74, 6) is -1.88. The monoisotopic (exact) mass is 230 g/mol. The zero-order chi connectivity index (χ0) is 12.7. The van der Waals surface area contributed by atoms with E-state index in [-0.39, 0.29) is 5.91 Å². The number of hydrogen-bond acceptors (Lipinski definition) is 3. The number of carbonyl (C=O) groups excluding carboxylic acids is 2. The van der Waals surface area contributed by atoms with Gasteiger partial charge in [-0.2, -0.15) is 0 Å². The highest BCUT2D eigenvalue weighted by atomic mass is 16.4. The number of carbonyl (C=O) groups is 3. The van der Waals surface area contributed by atoms with Crippen molar-refractivity contribution >= 4 is 17.8 Å². The summed E-state index contributed by atoms with van der Waals surface area (Å²) in [4.78, 5) is 32.9. The Morgan fingerprint density at radius 2 is 1.81 bits per heavy atom. The molecule has 0 bridgehead atoms. The first kappa shape index (κ1) is 14.4. The predicted octanol–water partition coefficient (Wildman–Crippen LogP) is -0.119. The molecule has 2 amide bonds. The molecule has 16 heavy (non-hydrogen) atoms. The molecular formula is C10H18N2O4. The molecule has 0 saturated heterocycles. The molecule has 3 N–H and O–H groups in total. The van der Waals surface area contributed by atoms with Gasteiger partial charge in [0.15, 0.2) is 0 Å². The van der Waals surface area contributed by atoms with Gasteiger partial charge in [0.05, 0.1) is 0 Å². The van der Waals surface area contributed by atoms with Gasteiger partial charge in [0.1, 0.15) is 12.1 Å². The third-order valence-corrected chi connectivity index (χ3v) is 2.00. The summed E-state index contributed by atoms with van der Waals surface area (Å²) in [6.07, 6.45) is 1.03. The minimum Gasteiger partial charge on any atom is -0.480 e. The van der Waals surface area contributed by atoms with Crippen molar-refractivity contribution in [2.75, 3.05) is 0 Å². The van der Waals surface area contributed by atoms with E-state index >= 15 is 0 Å². The summed E-state index contributed by atoms with van der Waals surface area (Å²) in [6, 6.07) is -1.62. The molecule has 0 aromatic carbocycles. The van der Waals surface area contributed by atoms with Crippen molar-refractivity contribution in [3.8, 4) is 0 Å². The first-order valence-corrected chi connectivity index (χ1v) is 5.18. The van der Waals surface area contributed by atoms with Gasteiger partial charge in [0, 0.05) is 6.92 Å². The summed E-state index contributed by atoms with van der Waals surface area (Å²) >= 11 is 0. The van der Waals surface area contributed by atoms with Crippen LogP contribution in [-0.2, 0) is 14.4 Å². The second kappa shape index (κ2) is 6.81. The fraction of sp³-hybridized carbons (Fsp3) is 0.700. The number of hydrogen-bond donors (Lipinski definition) is 3. The molecule has 1 unspecified atom stereocenters. The molecule has 0 saturated carbocycles. The van der Waals surface area contributed by atoms with E-state index < -0.39 is 24.0 Å². The van der Waals surface area contributed by atoms with Crippen molar-refractivity contribution in [2.45, 2.75) is 45.7 Å². The summed E-state index contributed by atoms with van der Waals surface area (Å²) < 4.78 is 0. The Labute approximate surface area is 94.4 Å². The summed E-state index contributed by atoms with van der Waals surface area (Å²) in [5, 5.41) is 13.6. The molecule has 2 atom stereocenters. The Balaban J connectivity index is 4.28. The van der Waals surface area contributed by atoms with Crippen molar-refractivity contribution < 1.29 is 19.5 Å². The van der Waals surface area contributed by atoms with Crippen LogP contribution in [0.2, 0.25) is 0 Å². The Kier molecular flexibility index (Phi) is 6.14. The van der Waals surface area contributed by atoms with Crippen molar-refractivity contribution in [3.63, 3.8) is 0 Å². The average molecular weight is 230 g/mol. The molecule has 0 aromatic rings. The first-order valence-electron chi connectivity index (χ1n) is 5.18. The van der Waals surface area contributed by atoms with Gasteiger partial charge >= 0.3 is 5.97 Å². The molecule has 92 valence electrons. The lowest BCUT2D eigenvalue weighted by Gasteiger charge is -2.17. The molecule has 0 spiro atoms. The van der Waals surface area contributed by atoms with Crippen LogP contribution in [0.3, 0.4) is 0 Å². The SMILES string of the molecule is CCC[C@@H](NC(=O)C(C)NC(C)=O)C(=O)O. The number of rotatable bonds is 6. The summed E-state index contributed by atoms with van der Waals surface area (Å²) in [5.41, 5.74) is 0. The predicted molar refractivity (Wildman–Crippen MR) is 57.8 cm³/mol. The highest BCUT2D eigenvalue weighted by molar-refractivity contribution is 5.89. The maximum atomic E-state index is 11.5. The minimum atomic E-state index is -1.06. The number of nitrogens with one attached hydrogen (secondary N) is 2. The number of aliphatic carboxylic acids is 1. The lowest BCUT2D eigenvalue weighted by Crippen LogP contribution is -2.49.